The maximum Gasteiger partial charge on any atom is 0.337 e. The topological polar surface area (TPSA) is 99.1 Å². The summed E-state index contributed by atoms with van der Waals surface area (Å²) in [5, 5.41) is 8.28. The second-order valence-electron chi connectivity index (χ2n) is 7.38. The summed E-state index contributed by atoms with van der Waals surface area (Å²) in [6.07, 6.45) is 5.53. The van der Waals surface area contributed by atoms with E-state index in [0.717, 1.165) is 30.7 Å². The maximum absolute atomic E-state index is 11.1. The van der Waals surface area contributed by atoms with Gasteiger partial charge in [0.1, 0.15) is 19.0 Å². The Morgan fingerprint density at radius 3 is 1.89 bits per heavy atom. The number of rotatable bonds is 12. The molecule has 0 aromatic heterocycles. The number of hydrogen-bond donors (Lipinski definition) is 1. The number of carbonyl (C=O) groups excluding carboxylic acids is 2. The number of carboxylic acid groups (broad SMARTS) is 1. The lowest BCUT2D eigenvalue weighted by Crippen LogP contribution is -2.12. The predicted molar refractivity (Wildman–Crippen MR) is 146 cm³/mol. The van der Waals surface area contributed by atoms with Gasteiger partial charge in [0, 0.05) is 11.6 Å². The van der Waals surface area contributed by atoms with Crippen LogP contribution in [0.4, 0.5) is 0 Å². The molecule has 0 amide bonds. The molecule has 7 nitrogen and oxygen atoms in total. The van der Waals surface area contributed by atoms with E-state index in [9.17, 15) is 14.4 Å². The van der Waals surface area contributed by atoms with Crippen LogP contribution in [0.25, 0.3) is 6.08 Å². The standard InChI is InChI=1S/C12H14O3.C10H14O4.C8H8/c1-10(2)12(13)15-9-8-14-11-6-4-3-5-7-11;1-3-4-7-14-10(13)8(2)5-6-9(11)12;1-2-8-6-4-3-5-7-8/h3-7H,1,8-9H2,2H3;5-6H,2-4,7H2,1H3,(H,11,12);2-7H,1H2. The van der Waals surface area contributed by atoms with Crippen molar-refractivity contribution in [1.29, 1.82) is 0 Å². The third kappa shape index (κ3) is 18.6. The number of ether oxygens (including phenoxy) is 3. The van der Waals surface area contributed by atoms with Gasteiger partial charge in [-0.05, 0) is 37.1 Å². The molecule has 2 aromatic rings. The van der Waals surface area contributed by atoms with Gasteiger partial charge in [0.25, 0.3) is 0 Å². The number of aliphatic carboxylic acids is 1. The van der Waals surface area contributed by atoms with Crippen molar-refractivity contribution in [2.45, 2.75) is 26.7 Å². The Labute approximate surface area is 219 Å². The average molecular weight is 509 g/mol. The Kier molecular flexibility index (Phi) is 18.5. The summed E-state index contributed by atoms with van der Waals surface area (Å²) in [5.74, 6) is -1.31. The SMILES string of the molecule is C=C(C)C(=O)OCCOc1ccccc1.C=C(C=CC(=O)O)C(=O)OCCCC.C=Cc1ccccc1. The molecule has 7 heteroatoms. The van der Waals surface area contributed by atoms with E-state index < -0.39 is 11.9 Å². The van der Waals surface area contributed by atoms with Crippen LogP contribution >= 0.6 is 0 Å². The molecule has 0 bridgehead atoms. The first kappa shape index (κ1) is 32.6. The Bertz CT molecular complexity index is 1010. The number of benzene rings is 2. The first-order valence-electron chi connectivity index (χ1n) is 11.7. The van der Waals surface area contributed by atoms with E-state index in [0.29, 0.717) is 18.8 Å². The minimum Gasteiger partial charge on any atom is -0.490 e. The third-order valence-corrected chi connectivity index (χ3v) is 4.13. The van der Waals surface area contributed by atoms with E-state index >= 15 is 0 Å². The highest BCUT2D eigenvalue weighted by Crippen LogP contribution is 2.07. The second kappa shape index (κ2) is 20.9. The highest BCUT2D eigenvalue weighted by molar-refractivity contribution is 5.93. The van der Waals surface area contributed by atoms with Crippen molar-refractivity contribution in [3.05, 3.63) is 109 Å². The van der Waals surface area contributed by atoms with Crippen molar-refractivity contribution in [3.63, 3.8) is 0 Å². The van der Waals surface area contributed by atoms with Gasteiger partial charge in [-0.1, -0.05) is 87.7 Å². The largest absolute Gasteiger partial charge is 0.490 e. The molecule has 2 rings (SSSR count). The van der Waals surface area contributed by atoms with Crippen LogP contribution in [0, 0.1) is 0 Å². The number of hydrogen-bond acceptors (Lipinski definition) is 6. The first-order chi connectivity index (χ1) is 17.7. The smallest absolute Gasteiger partial charge is 0.337 e. The zero-order chi connectivity index (χ0) is 27.9. The van der Waals surface area contributed by atoms with Gasteiger partial charge in [-0.2, -0.15) is 0 Å². The van der Waals surface area contributed by atoms with Gasteiger partial charge in [0.05, 0.1) is 12.2 Å². The molecule has 0 spiro atoms. The van der Waals surface area contributed by atoms with Crippen molar-refractivity contribution in [3.8, 4) is 5.75 Å². The average Bonchev–Trinajstić information content (AvgIpc) is 2.91. The van der Waals surface area contributed by atoms with E-state index in [4.69, 9.17) is 19.3 Å². The van der Waals surface area contributed by atoms with Crippen LogP contribution in [0.3, 0.4) is 0 Å². The van der Waals surface area contributed by atoms with Crippen molar-refractivity contribution >= 4 is 24.0 Å². The molecule has 0 aliphatic carbocycles. The zero-order valence-electron chi connectivity index (χ0n) is 21.6. The maximum atomic E-state index is 11.1. The van der Waals surface area contributed by atoms with Gasteiger partial charge in [-0.3, -0.25) is 0 Å². The summed E-state index contributed by atoms with van der Waals surface area (Å²) in [7, 11) is 0. The van der Waals surface area contributed by atoms with E-state index in [2.05, 4.69) is 19.7 Å². The highest BCUT2D eigenvalue weighted by Gasteiger charge is 2.04. The predicted octanol–water partition coefficient (Wildman–Crippen LogP) is 6.04. The van der Waals surface area contributed by atoms with Crippen molar-refractivity contribution in [2.24, 2.45) is 0 Å². The summed E-state index contributed by atoms with van der Waals surface area (Å²) in [6, 6.07) is 19.4. The third-order valence-electron chi connectivity index (χ3n) is 4.13. The summed E-state index contributed by atoms with van der Waals surface area (Å²) in [6.45, 7) is 15.0. The lowest BCUT2D eigenvalue weighted by molar-refractivity contribution is -0.140. The Morgan fingerprint density at radius 2 is 1.41 bits per heavy atom. The molecular formula is C30H36O7. The van der Waals surface area contributed by atoms with Crippen LogP contribution in [0.5, 0.6) is 5.75 Å². The monoisotopic (exact) mass is 508 g/mol. The molecule has 0 aliphatic heterocycles. The molecule has 0 aliphatic rings. The van der Waals surface area contributed by atoms with Gasteiger partial charge in [0.2, 0.25) is 0 Å². The van der Waals surface area contributed by atoms with Gasteiger partial charge in [0.15, 0.2) is 0 Å². The van der Waals surface area contributed by atoms with Crippen molar-refractivity contribution in [2.75, 3.05) is 19.8 Å². The van der Waals surface area contributed by atoms with Gasteiger partial charge >= 0.3 is 17.9 Å². The molecule has 1 N–H and O–H groups in total. The van der Waals surface area contributed by atoms with E-state index in [1.165, 1.54) is 5.56 Å². The molecule has 0 atom stereocenters. The Balaban J connectivity index is 0.000000548. The molecule has 0 heterocycles. The first-order valence-corrected chi connectivity index (χ1v) is 11.7. The number of unbranched alkanes of at least 4 members (excludes halogenated alkanes) is 1. The minimum atomic E-state index is -1.12. The van der Waals surface area contributed by atoms with E-state index in [-0.39, 0.29) is 18.1 Å². The van der Waals surface area contributed by atoms with Gasteiger partial charge < -0.3 is 19.3 Å². The quantitative estimate of drug-likeness (QED) is 0.161. The van der Waals surface area contributed by atoms with Gasteiger partial charge in [-0.15, -0.1) is 0 Å². The molecular weight excluding hydrogens is 472 g/mol. The normalized spacial score (nSPS) is 9.46. The Hall–Kier alpha value is -4.39. The van der Waals surface area contributed by atoms with E-state index in [1.54, 1.807) is 6.92 Å². The zero-order valence-corrected chi connectivity index (χ0v) is 21.6. The molecule has 2 aromatic carbocycles. The van der Waals surface area contributed by atoms with Crippen LogP contribution in [0.2, 0.25) is 0 Å². The lowest BCUT2D eigenvalue weighted by Gasteiger charge is -2.06. The lowest BCUT2D eigenvalue weighted by atomic mass is 10.2. The fourth-order valence-electron chi connectivity index (χ4n) is 2.16. The van der Waals surface area contributed by atoms with Crippen LogP contribution in [0.15, 0.2) is 104 Å². The van der Waals surface area contributed by atoms with Crippen molar-refractivity contribution < 1.29 is 33.7 Å². The number of carbonyl (C=O) groups is 3. The molecule has 198 valence electrons. The summed E-state index contributed by atoms with van der Waals surface area (Å²) >= 11 is 0. The minimum absolute atomic E-state index is 0.0449. The van der Waals surface area contributed by atoms with Crippen LogP contribution in [-0.4, -0.2) is 42.8 Å². The van der Waals surface area contributed by atoms with Crippen LogP contribution in [-0.2, 0) is 23.9 Å². The fourth-order valence-corrected chi connectivity index (χ4v) is 2.16. The molecule has 37 heavy (non-hydrogen) atoms. The van der Waals surface area contributed by atoms with E-state index in [1.807, 2.05) is 73.7 Å². The number of esters is 2. The molecule has 0 saturated carbocycles. The van der Waals surface area contributed by atoms with Gasteiger partial charge in [-0.25, -0.2) is 14.4 Å². The number of carboxylic acids is 1. The summed E-state index contributed by atoms with van der Waals surface area (Å²) in [4.78, 5) is 32.1. The summed E-state index contributed by atoms with van der Waals surface area (Å²) < 4.78 is 15.0. The summed E-state index contributed by atoms with van der Waals surface area (Å²) in [5.41, 5.74) is 1.62. The molecule has 0 saturated heterocycles. The van der Waals surface area contributed by atoms with Crippen LogP contribution in [0.1, 0.15) is 32.3 Å². The molecule has 0 fully saturated rings. The van der Waals surface area contributed by atoms with Crippen molar-refractivity contribution in [1.82, 2.24) is 0 Å². The fraction of sp³-hybridized carbons (Fsp3) is 0.233. The Morgan fingerprint density at radius 1 is 0.838 bits per heavy atom. The highest BCUT2D eigenvalue weighted by atomic mass is 16.6. The molecule has 0 unspecified atom stereocenters. The van der Waals surface area contributed by atoms with Crippen LogP contribution < -0.4 is 4.74 Å². The number of para-hydroxylation sites is 1. The second-order valence-corrected chi connectivity index (χ2v) is 7.38. The molecule has 0 radical (unpaired) electrons.